The van der Waals surface area contributed by atoms with Crippen LogP contribution < -0.4 is 10.1 Å². The van der Waals surface area contributed by atoms with Gasteiger partial charge >= 0.3 is 0 Å². The molecule has 3 heteroatoms. The third kappa shape index (κ3) is 1.99. The third-order valence-electron chi connectivity index (χ3n) is 1.87. The van der Waals surface area contributed by atoms with Gasteiger partial charge in [-0.1, -0.05) is 0 Å². The van der Waals surface area contributed by atoms with Gasteiger partial charge in [-0.15, -0.1) is 0 Å². The van der Waals surface area contributed by atoms with Crippen molar-refractivity contribution in [3.63, 3.8) is 0 Å². The highest BCUT2D eigenvalue weighted by Gasteiger charge is 2.07. The number of rotatable bonds is 3. The number of anilines is 1. The zero-order valence-corrected chi connectivity index (χ0v) is 8.05. The summed E-state index contributed by atoms with van der Waals surface area (Å²) in [6, 6.07) is 5.43. The standard InChI is InChI=1S/C10H13NO2/c1-7(12)9-6-8(11-2)4-5-10(9)13-3/h4-6,11H,1-3H3. The van der Waals surface area contributed by atoms with Crippen molar-refractivity contribution >= 4 is 11.5 Å². The van der Waals surface area contributed by atoms with E-state index in [1.807, 2.05) is 13.1 Å². The summed E-state index contributed by atoms with van der Waals surface area (Å²) in [6.07, 6.45) is 0. The van der Waals surface area contributed by atoms with Crippen molar-refractivity contribution in [1.29, 1.82) is 0 Å². The quantitative estimate of drug-likeness (QED) is 0.720. The average molecular weight is 179 g/mol. The van der Waals surface area contributed by atoms with Gasteiger partial charge in [0.25, 0.3) is 0 Å². The van der Waals surface area contributed by atoms with Crippen LogP contribution in [0.3, 0.4) is 0 Å². The molecule has 1 rings (SSSR count). The first-order chi connectivity index (χ1) is 6.19. The van der Waals surface area contributed by atoms with Gasteiger partial charge in [0.05, 0.1) is 12.7 Å². The van der Waals surface area contributed by atoms with Gasteiger partial charge in [-0.25, -0.2) is 0 Å². The fraction of sp³-hybridized carbons (Fsp3) is 0.300. The zero-order chi connectivity index (χ0) is 9.84. The second kappa shape index (κ2) is 3.94. The van der Waals surface area contributed by atoms with Crippen molar-refractivity contribution in [2.24, 2.45) is 0 Å². The molecule has 0 heterocycles. The van der Waals surface area contributed by atoms with Crippen LogP contribution in [-0.2, 0) is 0 Å². The number of benzene rings is 1. The average Bonchev–Trinajstić information content (AvgIpc) is 2.16. The molecular formula is C10H13NO2. The van der Waals surface area contributed by atoms with Gasteiger partial charge in [-0.05, 0) is 25.1 Å². The molecule has 0 radical (unpaired) electrons. The maximum absolute atomic E-state index is 11.2. The number of Topliss-reactive ketones (excluding diaryl/α,β-unsaturated/α-hetero) is 1. The SMILES string of the molecule is CNc1ccc(OC)c(C(C)=O)c1. The van der Waals surface area contributed by atoms with Crippen LogP contribution in [0.2, 0.25) is 0 Å². The van der Waals surface area contributed by atoms with E-state index in [1.165, 1.54) is 6.92 Å². The Hall–Kier alpha value is -1.51. The Labute approximate surface area is 77.7 Å². The molecule has 1 aromatic rings. The van der Waals surface area contributed by atoms with Crippen molar-refractivity contribution in [2.45, 2.75) is 6.92 Å². The second-order valence-electron chi connectivity index (χ2n) is 2.72. The highest BCUT2D eigenvalue weighted by molar-refractivity contribution is 5.97. The molecular weight excluding hydrogens is 166 g/mol. The molecule has 1 aromatic carbocycles. The number of methoxy groups -OCH3 is 1. The van der Waals surface area contributed by atoms with Crippen LogP contribution in [0.5, 0.6) is 5.75 Å². The first kappa shape index (κ1) is 9.58. The van der Waals surface area contributed by atoms with Crippen LogP contribution in [0.1, 0.15) is 17.3 Å². The van der Waals surface area contributed by atoms with Crippen molar-refractivity contribution < 1.29 is 9.53 Å². The van der Waals surface area contributed by atoms with Gasteiger partial charge in [0, 0.05) is 12.7 Å². The van der Waals surface area contributed by atoms with Crippen LogP contribution in [0, 0.1) is 0 Å². The van der Waals surface area contributed by atoms with E-state index < -0.39 is 0 Å². The number of hydrogen-bond acceptors (Lipinski definition) is 3. The van der Waals surface area contributed by atoms with E-state index in [4.69, 9.17) is 4.74 Å². The number of carbonyl (C=O) groups is 1. The maximum atomic E-state index is 11.2. The third-order valence-corrected chi connectivity index (χ3v) is 1.87. The summed E-state index contributed by atoms with van der Waals surface area (Å²) < 4.78 is 5.06. The van der Waals surface area contributed by atoms with Crippen molar-refractivity contribution in [3.8, 4) is 5.75 Å². The van der Waals surface area contributed by atoms with Crippen LogP contribution >= 0.6 is 0 Å². The summed E-state index contributed by atoms with van der Waals surface area (Å²) in [6.45, 7) is 1.53. The molecule has 1 N–H and O–H groups in total. The van der Waals surface area contributed by atoms with E-state index in [9.17, 15) is 4.79 Å². The lowest BCUT2D eigenvalue weighted by atomic mass is 10.1. The largest absolute Gasteiger partial charge is 0.496 e. The summed E-state index contributed by atoms with van der Waals surface area (Å²) in [7, 11) is 3.37. The fourth-order valence-electron chi connectivity index (χ4n) is 1.14. The number of carbonyl (C=O) groups excluding carboxylic acids is 1. The highest BCUT2D eigenvalue weighted by atomic mass is 16.5. The molecule has 0 bridgehead atoms. The van der Waals surface area contributed by atoms with E-state index in [-0.39, 0.29) is 5.78 Å². The Morgan fingerprint density at radius 1 is 1.46 bits per heavy atom. The highest BCUT2D eigenvalue weighted by Crippen LogP contribution is 2.22. The first-order valence-electron chi connectivity index (χ1n) is 4.05. The van der Waals surface area contributed by atoms with Crippen LogP contribution in [0.25, 0.3) is 0 Å². The summed E-state index contributed by atoms with van der Waals surface area (Å²) >= 11 is 0. The Kier molecular flexibility index (Phi) is 2.90. The Morgan fingerprint density at radius 2 is 2.15 bits per heavy atom. The molecule has 0 fully saturated rings. The van der Waals surface area contributed by atoms with Crippen LogP contribution in [-0.4, -0.2) is 19.9 Å². The van der Waals surface area contributed by atoms with Gasteiger partial charge in [0.1, 0.15) is 5.75 Å². The molecule has 3 nitrogen and oxygen atoms in total. The van der Waals surface area contributed by atoms with Crippen LogP contribution in [0.15, 0.2) is 18.2 Å². The Balaban J connectivity index is 3.18. The van der Waals surface area contributed by atoms with E-state index in [0.29, 0.717) is 11.3 Å². The van der Waals surface area contributed by atoms with Crippen LogP contribution in [0.4, 0.5) is 5.69 Å². The van der Waals surface area contributed by atoms with Gasteiger partial charge in [0.15, 0.2) is 5.78 Å². The number of hydrogen-bond donors (Lipinski definition) is 1. The molecule has 0 aliphatic heterocycles. The number of ether oxygens (including phenoxy) is 1. The topological polar surface area (TPSA) is 38.3 Å². The van der Waals surface area contributed by atoms with E-state index in [1.54, 1.807) is 19.2 Å². The molecule has 0 spiro atoms. The fourth-order valence-corrected chi connectivity index (χ4v) is 1.14. The summed E-state index contributed by atoms with van der Waals surface area (Å²) in [4.78, 5) is 11.2. The predicted octanol–water partition coefficient (Wildman–Crippen LogP) is 1.94. The smallest absolute Gasteiger partial charge is 0.163 e. The van der Waals surface area contributed by atoms with Crippen molar-refractivity contribution in [2.75, 3.05) is 19.5 Å². The van der Waals surface area contributed by atoms with E-state index in [2.05, 4.69) is 5.32 Å². The molecule has 0 saturated carbocycles. The van der Waals surface area contributed by atoms with Gasteiger partial charge in [0.2, 0.25) is 0 Å². The lowest BCUT2D eigenvalue weighted by Crippen LogP contribution is -1.99. The van der Waals surface area contributed by atoms with Crippen molar-refractivity contribution in [1.82, 2.24) is 0 Å². The van der Waals surface area contributed by atoms with Gasteiger partial charge in [-0.3, -0.25) is 4.79 Å². The molecule has 0 unspecified atom stereocenters. The molecule has 70 valence electrons. The maximum Gasteiger partial charge on any atom is 0.163 e. The minimum absolute atomic E-state index is 0.00829. The van der Waals surface area contributed by atoms with Crippen molar-refractivity contribution in [3.05, 3.63) is 23.8 Å². The molecule has 0 saturated heterocycles. The normalized spacial score (nSPS) is 9.46. The molecule has 0 aliphatic rings. The predicted molar refractivity (Wildman–Crippen MR) is 52.5 cm³/mol. The summed E-state index contributed by atoms with van der Waals surface area (Å²) in [5.41, 5.74) is 1.51. The Bertz CT molecular complexity index is 321. The molecule has 13 heavy (non-hydrogen) atoms. The summed E-state index contributed by atoms with van der Waals surface area (Å²) in [5, 5.41) is 2.97. The minimum atomic E-state index is 0.00829. The van der Waals surface area contributed by atoms with Gasteiger partial charge in [-0.2, -0.15) is 0 Å². The zero-order valence-electron chi connectivity index (χ0n) is 8.05. The first-order valence-corrected chi connectivity index (χ1v) is 4.05. The number of ketones is 1. The molecule has 0 atom stereocenters. The summed E-state index contributed by atoms with van der Waals surface area (Å²) in [5.74, 6) is 0.625. The van der Waals surface area contributed by atoms with Gasteiger partial charge < -0.3 is 10.1 Å². The Morgan fingerprint density at radius 3 is 2.62 bits per heavy atom. The lowest BCUT2D eigenvalue weighted by molar-refractivity contribution is 0.101. The van der Waals surface area contributed by atoms with E-state index >= 15 is 0 Å². The molecule has 0 amide bonds. The number of nitrogens with one attached hydrogen (secondary N) is 1. The second-order valence-corrected chi connectivity index (χ2v) is 2.72. The minimum Gasteiger partial charge on any atom is -0.496 e. The lowest BCUT2D eigenvalue weighted by Gasteiger charge is -2.07. The monoisotopic (exact) mass is 179 g/mol. The molecule has 0 aromatic heterocycles. The molecule has 0 aliphatic carbocycles. The van der Waals surface area contributed by atoms with E-state index in [0.717, 1.165) is 5.69 Å².